The molecule has 0 aromatic rings. The van der Waals surface area contributed by atoms with Crippen LogP contribution >= 0.6 is 0 Å². The molecule has 0 spiro atoms. The van der Waals surface area contributed by atoms with Crippen molar-refractivity contribution in [2.45, 2.75) is 84.3 Å². The van der Waals surface area contributed by atoms with E-state index in [4.69, 9.17) is 9.47 Å². The van der Waals surface area contributed by atoms with Crippen molar-refractivity contribution in [2.24, 2.45) is 17.8 Å². The highest BCUT2D eigenvalue weighted by atomic mass is 16.5. The van der Waals surface area contributed by atoms with E-state index in [1.54, 1.807) is 0 Å². The molecule has 4 heteroatoms. The molecule has 0 amide bonds. The molecule has 0 atom stereocenters. The first-order valence-corrected chi connectivity index (χ1v) is 8.86. The Labute approximate surface area is 133 Å². The highest BCUT2D eigenvalue weighted by Gasteiger charge is 2.32. The minimum Gasteiger partial charge on any atom is -0.463 e. The van der Waals surface area contributed by atoms with Crippen molar-refractivity contribution in [2.75, 3.05) is 0 Å². The zero-order valence-electron chi connectivity index (χ0n) is 14.2. The molecular formula is C18H30O4. The fraction of sp³-hybridized carbons (Fsp3) is 0.889. The van der Waals surface area contributed by atoms with E-state index in [1.807, 2.05) is 13.8 Å². The monoisotopic (exact) mass is 310 g/mol. The second-order valence-electron chi connectivity index (χ2n) is 7.35. The van der Waals surface area contributed by atoms with Gasteiger partial charge in [-0.2, -0.15) is 0 Å². The van der Waals surface area contributed by atoms with Crippen molar-refractivity contribution in [3.63, 3.8) is 0 Å². The van der Waals surface area contributed by atoms with E-state index >= 15 is 0 Å². The summed E-state index contributed by atoms with van der Waals surface area (Å²) in [4.78, 5) is 24.1. The summed E-state index contributed by atoms with van der Waals surface area (Å²) < 4.78 is 10.9. The van der Waals surface area contributed by atoms with E-state index in [2.05, 4.69) is 6.92 Å². The predicted molar refractivity (Wildman–Crippen MR) is 84.2 cm³/mol. The van der Waals surface area contributed by atoms with Gasteiger partial charge in [-0.1, -0.05) is 6.92 Å². The Morgan fingerprint density at radius 3 is 1.86 bits per heavy atom. The van der Waals surface area contributed by atoms with Gasteiger partial charge >= 0.3 is 11.9 Å². The standard InChI is InChI=1S/C18H30O4/c1-12(2)21-17(19)15-8-10-16(11-9-15)22-18(20)14-6-4-13(3)5-7-14/h12-16H,4-11H2,1-3H3. The van der Waals surface area contributed by atoms with E-state index in [-0.39, 0.29) is 36.0 Å². The first kappa shape index (κ1) is 17.3. The molecule has 2 rings (SSSR count). The Morgan fingerprint density at radius 1 is 0.818 bits per heavy atom. The molecule has 0 saturated heterocycles. The number of rotatable bonds is 4. The highest BCUT2D eigenvalue weighted by molar-refractivity contribution is 5.73. The summed E-state index contributed by atoms with van der Waals surface area (Å²) in [6, 6.07) is 0. The maximum absolute atomic E-state index is 12.2. The number of esters is 2. The van der Waals surface area contributed by atoms with Gasteiger partial charge in [0.15, 0.2) is 0 Å². The lowest BCUT2D eigenvalue weighted by Crippen LogP contribution is -2.32. The van der Waals surface area contributed by atoms with E-state index in [0.717, 1.165) is 57.3 Å². The fourth-order valence-electron chi connectivity index (χ4n) is 3.50. The second kappa shape index (κ2) is 7.98. The van der Waals surface area contributed by atoms with Gasteiger partial charge in [0, 0.05) is 0 Å². The van der Waals surface area contributed by atoms with Crippen LogP contribution in [0.4, 0.5) is 0 Å². The van der Waals surface area contributed by atoms with E-state index in [0.29, 0.717) is 0 Å². The van der Waals surface area contributed by atoms with Gasteiger partial charge in [-0.05, 0) is 71.1 Å². The van der Waals surface area contributed by atoms with Gasteiger partial charge < -0.3 is 9.47 Å². The van der Waals surface area contributed by atoms with Crippen molar-refractivity contribution in [3.05, 3.63) is 0 Å². The molecule has 0 N–H and O–H groups in total. The van der Waals surface area contributed by atoms with Crippen LogP contribution in [-0.4, -0.2) is 24.1 Å². The molecule has 0 bridgehead atoms. The number of carbonyl (C=O) groups is 2. The number of hydrogen-bond acceptors (Lipinski definition) is 4. The SMILES string of the molecule is CC1CCC(C(=O)OC2CCC(C(=O)OC(C)C)CC2)CC1. The lowest BCUT2D eigenvalue weighted by atomic mass is 9.83. The second-order valence-corrected chi connectivity index (χ2v) is 7.35. The number of carbonyl (C=O) groups excluding carboxylic acids is 2. The Kier molecular flexibility index (Phi) is 6.27. The largest absolute Gasteiger partial charge is 0.463 e. The first-order valence-electron chi connectivity index (χ1n) is 8.86. The Bertz CT molecular complexity index is 375. The maximum atomic E-state index is 12.2. The van der Waals surface area contributed by atoms with Crippen LogP contribution in [0.2, 0.25) is 0 Å². The third kappa shape index (κ3) is 4.99. The van der Waals surface area contributed by atoms with Crippen LogP contribution in [0.5, 0.6) is 0 Å². The topological polar surface area (TPSA) is 52.6 Å². The lowest BCUT2D eigenvalue weighted by molar-refractivity contribution is -0.160. The zero-order valence-corrected chi connectivity index (χ0v) is 14.2. The van der Waals surface area contributed by atoms with Crippen molar-refractivity contribution >= 4 is 11.9 Å². The Hall–Kier alpha value is -1.06. The third-order valence-corrected chi connectivity index (χ3v) is 4.99. The molecule has 0 aromatic heterocycles. The zero-order chi connectivity index (χ0) is 16.1. The normalized spacial score (nSPS) is 32.5. The molecule has 126 valence electrons. The molecule has 22 heavy (non-hydrogen) atoms. The van der Waals surface area contributed by atoms with Crippen LogP contribution in [0.3, 0.4) is 0 Å². The van der Waals surface area contributed by atoms with E-state index in [9.17, 15) is 9.59 Å². The van der Waals surface area contributed by atoms with Gasteiger partial charge in [0.2, 0.25) is 0 Å². The molecule has 0 heterocycles. The molecular weight excluding hydrogens is 280 g/mol. The molecule has 0 unspecified atom stereocenters. The van der Waals surface area contributed by atoms with Crippen molar-refractivity contribution in [1.82, 2.24) is 0 Å². The molecule has 2 saturated carbocycles. The van der Waals surface area contributed by atoms with Gasteiger partial charge in [0.05, 0.1) is 17.9 Å². The summed E-state index contributed by atoms with van der Waals surface area (Å²) in [5.74, 6) is 0.709. The van der Waals surface area contributed by atoms with Crippen LogP contribution in [0.25, 0.3) is 0 Å². The summed E-state index contributed by atoms with van der Waals surface area (Å²) in [6.07, 6.45) is 7.25. The minimum atomic E-state index is -0.0963. The van der Waals surface area contributed by atoms with Gasteiger partial charge in [0.1, 0.15) is 6.10 Å². The fourth-order valence-corrected chi connectivity index (χ4v) is 3.50. The summed E-state index contributed by atoms with van der Waals surface area (Å²) in [7, 11) is 0. The number of ether oxygens (including phenoxy) is 2. The molecule has 0 radical (unpaired) electrons. The van der Waals surface area contributed by atoms with Gasteiger partial charge in [-0.3, -0.25) is 9.59 Å². The maximum Gasteiger partial charge on any atom is 0.309 e. The lowest BCUT2D eigenvalue weighted by Gasteiger charge is -2.30. The van der Waals surface area contributed by atoms with E-state index in [1.165, 1.54) is 0 Å². The van der Waals surface area contributed by atoms with Crippen molar-refractivity contribution in [1.29, 1.82) is 0 Å². The average Bonchev–Trinajstić information content (AvgIpc) is 2.48. The molecule has 4 nitrogen and oxygen atoms in total. The Morgan fingerprint density at radius 2 is 1.32 bits per heavy atom. The molecule has 2 fully saturated rings. The summed E-state index contributed by atoms with van der Waals surface area (Å²) in [6.45, 7) is 5.99. The van der Waals surface area contributed by atoms with Crippen LogP contribution in [0.15, 0.2) is 0 Å². The van der Waals surface area contributed by atoms with Gasteiger partial charge in [-0.15, -0.1) is 0 Å². The van der Waals surface area contributed by atoms with Crippen LogP contribution in [0, 0.1) is 17.8 Å². The predicted octanol–water partition coefficient (Wildman–Crippen LogP) is 3.87. The smallest absolute Gasteiger partial charge is 0.309 e. The first-order chi connectivity index (χ1) is 10.5. The van der Waals surface area contributed by atoms with Crippen molar-refractivity contribution < 1.29 is 19.1 Å². The quantitative estimate of drug-likeness (QED) is 0.740. The minimum absolute atomic E-state index is 0.00468. The third-order valence-electron chi connectivity index (χ3n) is 4.99. The number of hydrogen-bond donors (Lipinski definition) is 0. The summed E-state index contributed by atoms with van der Waals surface area (Å²) >= 11 is 0. The van der Waals surface area contributed by atoms with E-state index < -0.39 is 0 Å². The van der Waals surface area contributed by atoms with Gasteiger partial charge in [-0.25, -0.2) is 0 Å². The Balaban J connectivity index is 1.71. The highest BCUT2D eigenvalue weighted by Crippen LogP contribution is 2.32. The van der Waals surface area contributed by atoms with Crippen LogP contribution in [-0.2, 0) is 19.1 Å². The molecule has 2 aliphatic rings. The van der Waals surface area contributed by atoms with Crippen LogP contribution in [0.1, 0.15) is 72.1 Å². The van der Waals surface area contributed by atoms with Crippen LogP contribution < -0.4 is 0 Å². The van der Waals surface area contributed by atoms with Gasteiger partial charge in [0.25, 0.3) is 0 Å². The van der Waals surface area contributed by atoms with Crippen molar-refractivity contribution in [3.8, 4) is 0 Å². The average molecular weight is 310 g/mol. The molecule has 0 aliphatic heterocycles. The molecule has 2 aliphatic carbocycles. The molecule has 0 aromatic carbocycles. The summed E-state index contributed by atoms with van der Waals surface area (Å²) in [5, 5.41) is 0. The summed E-state index contributed by atoms with van der Waals surface area (Å²) in [5.41, 5.74) is 0.